The average molecular weight is 357 g/mol. The minimum Gasteiger partial charge on any atom is -0.339 e. The van der Waals surface area contributed by atoms with E-state index in [4.69, 9.17) is 5.26 Å². The van der Waals surface area contributed by atoms with Crippen molar-refractivity contribution in [3.63, 3.8) is 0 Å². The monoisotopic (exact) mass is 357 g/mol. The van der Waals surface area contributed by atoms with Crippen molar-refractivity contribution in [3.8, 4) is 6.07 Å². The predicted molar refractivity (Wildman–Crippen MR) is 101 cm³/mol. The summed E-state index contributed by atoms with van der Waals surface area (Å²) in [5.41, 5.74) is 2.17. The van der Waals surface area contributed by atoms with E-state index in [1.165, 1.54) is 13.0 Å². The third kappa shape index (κ3) is 4.32. The Kier molecular flexibility index (Phi) is 5.19. The number of hydrogen-bond acceptors (Lipinski definition) is 6. The molecule has 7 heteroatoms. The summed E-state index contributed by atoms with van der Waals surface area (Å²) >= 11 is 0. The van der Waals surface area contributed by atoms with Gasteiger partial charge in [0, 0.05) is 11.3 Å². The maximum Gasteiger partial charge on any atom is 0.276 e. The second-order valence-corrected chi connectivity index (χ2v) is 5.68. The van der Waals surface area contributed by atoms with Crippen molar-refractivity contribution in [3.05, 3.63) is 77.5 Å². The van der Waals surface area contributed by atoms with Crippen molar-refractivity contribution in [1.29, 1.82) is 5.26 Å². The molecule has 0 unspecified atom stereocenters. The molecule has 0 aliphatic carbocycles. The smallest absolute Gasteiger partial charge is 0.276 e. The Morgan fingerprint density at radius 3 is 2.52 bits per heavy atom. The van der Waals surface area contributed by atoms with Crippen LogP contribution in [0.3, 0.4) is 0 Å². The quantitative estimate of drug-likeness (QED) is 0.676. The first-order chi connectivity index (χ1) is 13.1. The molecular weight excluding hydrogens is 342 g/mol. The number of nitrogens with zero attached hydrogens (tertiary/aromatic N) is 3. The van der Waals surface area contributed by atoms with Crippen molar-refractivity contribution in [1.82, 2.24) is 10.2 Å². The molecule has 3 rings (SSSR count). The molecule has 0 saturated heterocycles. The van der Waals surface area contributed by atoms with Gasteiger partial charge in [-0.2, -0.15) is 5.26 Å². The van der Waals surface area contributed by atoms with Gasteiger partial charge in [0.05, 0.1) is 11.3 Å². The van der Waals surface area contributed by atoms with E-state index in [9.17, 15) is 9.59 Å². The van der Waals surface area contributed by atoms with Crippen LogP contribution in [0.15, 0.2) is 60.7 Å². The van der Waals surface area contributed by atoms with Crippen LogP contribution in [0.5, 0.6) is 0 Å². The van der Waals surface area contributed by atoms with Crippen LogP contribution in [0.1, 0.15) is 33.3 Å². The Hall–Kier alpha value is -4.05. The molecule has 7 nitrogen and oxygen atoms in total. The molecule has 3 aromatic rings. The molecule has 0 atom stereocenters. The highest BCUT2D eigenvalue weighted by atomic mass is 16.2. The highest BCUT2D eigenvalue weighted by Gasteiger charge is 2.11. The van der Waals surface area contributed by atoms with Crippen molar-refractivity contribution < 1.29 is 9.59 Å². The molecule has 27 heavy (non-hydrogen) atoms. The van der Waals surface area contributed by atoms with Crippen molar-refractivity contribution in [2.75, 3.05) is 10.6 Å². The lowest BCUT2D eigenvalue weighted by Gasteiger charge is -2.08. The summed E-state index contributed by atoms with van der Waals surface area (Å²) in [5, 5.41) is 22.6. The number of amides is 1. The van der Waals surface area contributed by atoms with Crippen LogP contribution in [-0.2, 0) is 0 Å². The Balaban J connectivity index is 1.71. The van der Waals surface area contributed by atoms with Gasteiger partial charge in [-0.05, 0) is 43.3 Å². The maximum atomic E-state index is 12.3. The number of aromatic nitrogens is 2. The summed E-state index contributed by atoms with van der Waals surface area (Å²) in [4.78, 5) is 23.7. The fourth-order valence-corrected chi connectivity index (χ4v) is 2.36. The molecule has 0 bridgehead atoms. The van der Waals surface area contributed by atoms with Crippen LogP contribution in [0.25, 0.3) is 0 Å². The summed E-state index contributed by atoms with van der Waals surface area (Å²) in [6.45, 7) is 1.50. The van der Waals surface area contributed by atoms with Gasteiger partial charge in [0.15, 0.2) is 17.3 Å². The molecule has 0 saturated carbocycles. The first-order valence-corrected chi connectivity index (χ1v) is 8.09. The Bertz CT molecular complexity index is 1040. The van der Waals surface area contributed by atoms with Crippen molar-refractivity contribution >= 4 is 28.9 Å². The number of rotatable bonds is 5. The van der Waals surface area contributed by atoms with E-state index < -0.39 is 5.91 Å². The topological polar surface area (TPSA) is 108 Å². The van der Waals surface area contributed by atoms with Gasteiger partial charge in [0.2, 0.25) is 0 Å². The van der Waals surface area contributed by atoms with Gasteiger partial charge in [-0.25, -0.2) is 0 Å². The van der Waals surface area contributed by atoms with Crippen LogP contribution in [-0.4, -0.2) is 21.9 Å². The minimum atomic E-state index is -0.463. The van der Waals surface area contributed by atoms with Crippen LogP contribution in [0.2, 0.25) is 0 Å². The zero-order valence-electron chi connectivity index (χ0n) is 14.4. The molecule has 2 aromatic carbocycles. The zero-order chi connectivity index (χ0) is 19.2. The number of carbonyl (C=O) groups is 2. The van der Waals surface area contributed by atoms with Gasteiger partial charge in [-0.1, -0.05) is 24.3 Å². The van der Waals surface area contributed by atoms with Gasteiger partial charge < -0.3 is 10.6 Å². The van der Waals surface area contributed by atoms with Crippen molar-refractivity contribution in [2.45, 2.75) is 6.92 Å². The number of Topliss-reactive ketones (excluding diaryl/α,β-unsaturated/α-hetero) is 1. The number of ketones is 1. The lowest BCUT2D eigenvalue weighted by Crippen LogP contribution is -2.15. The molecule has 0 aliphatic heterocycles. The Morgan fingerprint density at radius 1 is 1.00 bits per heavy atom. The van der Waals surface area contributed by atoms with E-state index in [-0.39, 0.29) is 11.5 Å². The van der Waals surface area contributed by atoms with Crippen LogP contribution >= 0.6 is 0 Å². The van der Waals surface area contributed by atoms with E-state index in [1.807, 2.05) is 6.07 Å². The summed E-state index contributed by atoms with van der Waals surface area (Å²) in [6.07, 6.45) is 0. The van der Waals surface area contributed by atoms with Crippen LogP contribution < -0.4 is 10.6 Å². The Labute approximate surface area is 155 Å². The zero-order valence-corrected chi connectivity index (χ0v) is 14.4. The Morgan fingerprint density at radius 2 is 1.81 bits per heavy atom. The SMILES string of the molecule is CC(=O)c1cccc(Nc2ccc(C(=O)Nc3ccccc3C#N)nn2)c1. The largest absolute Gasteiger partial charge is 0.339 e. The third-order valence-electron chi connectivity index (χ3n) is 3.73. The van der Waals surface area contributed by atoms with E-state index in [0.29, 0.717) is 28.3 Å². The van der Waals surface area contributed by atoms with E-state index in [2.05, 4.69) is 20.8 Å². The van der Waals surface area contributed by atoms with Gasteiger partial charge in [0.25, 0.3) is 5.91 Å². The third-order valence-corrected chi connectivity index (χ3v) is 3.73. The highest BCUT2D eigenvalue weighted by molar-refractivity contribution is 6.03. The lowest BCUT2D eigenvalue weighted by molar-refractivity contribution is 0.101. The van der Waals surface area contributed by atoms with Crippen molar-refractivity contribution in [2.24, 2.45) is 0 Å². The molecule has 0 spiro atoms. The number of nitrogens with one attached hydrogen (secondary N) is 2. The van der Waals surface area contributed by atoms with Gasteiger partial charge in [0.1, 0.15) is 6.07 Å². The fourth-order valence-electron chi connectivity index (χ4n) is 2.36. The van der Waals surface area contributed by atoms with Gasteiger partial charge in [-0.15, -0.1) is 10.2 Å². The molecule has 0 aliphatic rings. The van der Waals surface area contributed by atoms with Crippen LogP contribution in [0.4, 0.5) is 17.2 Å². The second-order valence-electron chi connectivity index (χ2n) is 5.68. The lowest BCUT2D eigenvalue weighted by atomic mass is 10.1. The standard InChI is InChI=1S/C20H15N5O2/c1-13(26)14-6-4-7-16(11-14)22-19-10-9-18(24-25-19)20(27)23-17-8-3-2-5-15(17)12-21/h2-11H,1H3,(H,22,25)(H,23,27). The molecule has 132 valence electrons. The molecule has 0 radical (unpaired) electrons. The van der Waals surface area contributed by atoms with Gasteiger partial charge in [-0.3, -0.25) is 9.59 Å². The fraction of sp³-hybridized carbons (Fsp3) is 0.0500. The molecule has 2 N–H and O–H groups in total. The summed E-state index contributed by atoms with van der Waals surface area (Å²) in [6, 6.07) is 18.9. The number of nitriles is 1. The first kappa shape index (κ1) is 17.8. The molecule has 0 fully saturated rings. The number of benzene rings is 2. The number of carbonyl (C=O) groups excluding carboxylic acids is 2. The van der Waals surface area contributed by atoms with Crippen LogP contribution in [0, 0.1) is 11.3 Å². The van der Waals surface area contributed by atoms with E-state index in [1.54, 1.807) is 54.6 Å². The van der Waals surface area contributed by atoms with E-state index in [0.717, 1.165) is 0 Å². The first-order valence-electron chi connectivity index (χ1n) is 8.09. The van der Waals surface area contributed by atoms with Gasteiger partial charge >= 0.3 is 0 Å². The number of hydrogen-bond donors (Lipinski definition) is 2. The second kappa shape index (κ2) is 7.89. The summed E-state index contributed by atoms with van der Waals surface area (Å²) in [7, 11) is 0. The summed E-state index contributed by atoms with van der Waals surface area (Å²) in [5.74, 6) is -0.0607. The number of anilines is 3. The minimum absolute atomic E-state index is 0.0330. The normalized spacial score (nSPS) is 9.93. The average Bonchev–Trinajstić information content (AvgIpc) is 2.69. The number of para-hydroxylation sites is 1. The summed E-state index contributed by atoms with van der Waals surface area (Å²) < 4.78 is 0. The van der Waals surface area contributed by atoms with E-state index >= 15 is 0 Å². The highest BCUT2D eigenvalue weighted by Crippen LogP contribution is 2.17. The molecule has 1 heterocycles. The maximum absolute atomic E-state index is 12.3. The molecule has 1 aromatic heterocycles. The predicted octanol–water partition coefficient (Wildman–Crippen LogP) is 3.55. The molecule has 1 amide bonds. The molecular formula is C20H15N5O2.